The lowest BCUT2D eigenvalue weighted by Crippen LogP contribution is -2.51. The molecule has 2 aromatic rings. The molecule has 1 heterocycles. The van der Waals surface area contributed by atoms with Crippen LogP contribution in [0, 0.1) is 11.3 Å². The fourth-order valence-corrected chi connectivity index (χ4v) is 3.35. The minimum Gasteiger partial charge on any atom is -0.477 e. The lowest BCUT2D eigenvalue weighted by atomic mass is 10.1. The molecule has 27 heavy (non-hydrogen) atoms. The van der Waals surface area contributed by atoms with E-state index in [9.17, 15) is 10.1 Å². The van der Waals surface area contributed by atoms with Crippen LogP contribution in [-0.2, 0) is 11.3 Å². The van der Waals surface area contributed by atoms with Crippen molar-refractivity contribution in [2.45, 2.75) is 45.4 Å². The Morgan fingerprint density at radius 3 is 2.67 bits per heavy atom. The van der Waals surface area contributed by atoms with Crippen molar-refractivity contribution < 1.29 is 9.53 Å². The van der Waals surface area contributed by atoms with Crippen LogP contribution in [0.25, 0.3) is 0 Å². The van der Waals surface area contributed by atoms with Crippen LogP contribution in [0.1, 0.15) is 37.8 Å². The summed E-state index contributed by atoms with van der Waals surface area (Å²) in [7, 11) is 0. The average molecular weight is 363 g/mol. The first-order valence-corrected chi connectivity index (χ1v) is 9.45. The summed E-state index contributed by atoms with van der Waals surface area (Å²) in [4.78, 5) is 14.9. The van der Waals surface area contributed by atoms with Gasteiger partial charge in [0.15, 0.2) is 6.10 Å². The largest absolute Gasteiger partial charge is 0.477 e. The second kappa shape index (κ2) is 8.59. The quantitative estimate of drug-likeness (QED) is 0.851. The van der Waals surface area contributed by atoms with Gasteiger partial charge in [0, 0.05) is 12.6 Å². The van der Waals surface area contributed by atoms with E-state index in [1.54, 1.807) is 0 Å². The number of carbonyl (C=O) groups excluding carboxylic acids is 1. The van der Waals surface area contributed by atoms with Gasteiger partial charge in [0.1, 0.15) is 5.75 Å². The summed E-state index contributed by atoms with van der Waals surface area (Å²) in [5.74, 6) is 0.611. The number of nitrogens with zero attached hydrogens (tertiary/aromatic N) is 2. The number of para-hydroxylation sites is 2. The number of hydrogen-bond donors (Lipinski definition) is 1. The Morgan fingerprint density at radius 1 is 1.22 bits per heavy atom. The third-order valence-corrected chi connectivity index (χ3v) is 4.98. The minimum atomic E-state index is -0.574. The van der Waals surface area contributed by atoms with E-state index < -0.39 is 6.10 Å². The SMILES string of the molecule is CCC(CC)NC(=O)C1CN(Cc2ccccc2C#N)c2ccccc2O1. The molecule has 0 saturated heterocycles. The highest BCUT2D eigenvalue weighted by atomic mass is 16.5. The van der Waals surface area contributed by atoms with Gasteiger partial charge in [-0.15, -0.1) is 0 Å². The molecule has 0 fully saturated rings. The fourth-order valence-electron chi connectivity index (χ4n) is 3.35. The van der Waals surface area contributed by atoms with E-state index in [0.29, 0.717) is 24.4 Å². The van der Waals surface area contributed by atoms with Crippen molar-refractivity contribution in [1.29, 1.82) is 5.26 Å². The van der Waals surface area contributed by atoms with E-state index in [2.05, 4.69) is 30.1 Å². The van der Waals surface area contributed by atoms with Gasteiger partial charge >= 0.3 is 0 Å². The molecule has 2 aromatic carbocycles. The number of rotatable bonds is 6. The van der Waals surface area contributed by atoms with Crippen LogP contribution in [0.2, 0.25) is 0 Å². The van der Waals surface area contributed by atoms with Crippen LogP contribution in [0.3, 0.4) is 0 Å². The number of nitriles is 1. The molecule has 0 spiro atoms. The summed E-state index contributed by atoms with van der Waals surface area (Å²) >= 11 is 0. The molecule has 0 aliphatic carbocycles. The minimum absolute atomic E-state index is 0.0863. The molecule has 1 aliphatic rings. The molecular formula is C22H25N3O2. The molecule has 3 rings (SSSR count). The monoisotopic (exact) mass is 363 g/mol. The van der Waals surface area contributed by atoms with Crippen LogP contribution in [0.15, 0.2) is 48.5 Å². The van der Waals surface area contributed by atoms with E-state index in [0.717, 1.165) is 24.1 Å². The number of nitrogens with one attached hydrogen (secondary N) is 1. The molecule has 1 amide bonds. The van der Waals surface area contributed by atoms with Gasteiger partial charge in [0.25, 0.3) is 5.91 Å². The summed E-state index contributed by atoms with van der Waals surface area (Å²) in [6.45, 7) is 5.13. The number of hydrogen-bond acceptors (Lipinski definition) is 4. The lowest BCUT2D eigenvalue weighted by Gasteiger charge is -2.36. The van der Waals surface area contributed by atoms with Crippen LogP contribution >= 0.6 is 0 Å². The van der Waals surface area contributed by atoms with Gasteiger partial charge in [0.05, 0.1) is 23.9 Å². The third-order valence-electron chi connectivity index (χ3n) is 4.98. The number of ether oxygens (including phenoxy) is 1. The molecule has 0 aromatic heterocycles. The van der Waals surface area contributed by atoms with Crippen LogP contribution in [0.4, 0.5) is 5.69 Å². The Kier molecular flexibility index (Phi) is 5.97. The molecule has 0 bridgehead atoms. The van der Waals surface area contributed by atoms with E-state index in [1.807, 2.05) is 48.5 Å². The Hall–Kier alpha value is -3.00. The zero-order valence-electron chi connectivity index (χ0n) is 15.8. The Labute approximate surface area is 160 Å². The third kappa shape index (κ3) is 4.22. The Morgan fingerprint density at radius 2 is 1.93 bits per heavy atom. The molecule has 140 valence electrons. The number of amides is 1. The van der Waals surface area contributed by atoms with E-state index in [4.69, 9.17) is 4.74 Å². The van der Waals surface area contributed by atoms with Crippen LogP contribution < -0.4 is 15.0 Å². The van der Waals surface area contributed by atoms with Gasteiger partial charge in [-0.05, 0) is 36.6 Å². The second-order valence-corrected chi connectivity index (χ2v) is 6.75. The van der Waals surface area contributed by atoms with Gasteiger partial charge in [-0.2, -0.15) is 5.26 Å². The first-order valence-electron chi connectivity index (χ1n) is 9.45. The van der Waals surface area contributed by atoms with Gasteiger partial charge < -0.3 is 15.0 Å². The van der Waals surface area contributed by atoms with Crippen molar-refractivity contribution in [3.05, 3.63) is 59.7 Å². The maximum Gasteiger partial charge on any atom is 0.263 e. The fraction of sp³-hybridized carbons (Fsp3) is 0.364. The predicted octanol–water partition coefficient (Wildman–Crippen LogP) is 3.63. The van der Waals surface area contributed by atoms with Crippen molar-refractivity contribution in [2.75, 3.05) is 11.4 Å². The number of benzene rings is 2. The first-order chi connectivity index (χ1) is 13.2. The summed E-state index contributed by atoms with van der Waals surface area (Å²) in [5.41, 5.74) is 2.53. The summed E-state index contributed by atoms with van der Waals surface area (Å²) in [6.07, 6.45) is 1.21. The smallest absolute Gasteiger partial charge is 0.263 e. The molecule has 0 saturated carbocycles. The molecule has 1 aliphatic heterocycles. The number of carbonyl (C=O) groups is 1. The molecule has 5 nitrogen and oxygen atoms in total. The highest BCUT2D eigenvalue weighted by Crippen LogP contribution is 2.34. The summed E-state index contributed by atoms with van der Waals surface area (Å²) < 4.78 is 5.99. The van der Waals surface area contributed by atoms with Crippen LogP contribution in [0.5, 0.6) is 5.75 Å². The summed E-state index contributed by atoms with van der Waals surface area (Å²) in [6, 6.07) is 17.7. The van der Waals surface area contributed by atoms with Crippen molar-refractivity contribution in [3.8, 4) is 11.8 Å². The van der Waals surface area contributed by atoms with Crippen molar-refractivity contribution in [2.24, 2.45) is 0 Å². The number of fused-ring (bicyclic) bond motifs is 1. The maximum atomic E-state index is 12.7. The maximum absolute atomic E-state index is 12.7. The molecule has 1 atom stereocenters. The highest BCUT2D eigenvalue weighted by Gasteiger charge is 2.31. The first kappa shape index (κ1) is 18.8. The molecule has 5 heteroatoms. The zero-order valence-corrected chi connectivity index (χ0v) is 15.8. The van der Waals surface area contributed by atoms with Gasteiger partial charge in [-0.3, -0.25) is 4.79 Å². The van der Waals surface area contributed by atoms with E-state index in [-0.39, 0.29) is 11.9 Å². The predicted molar refractivity (Wildman–Crippen MR) is 106 cm³/mol. The van der Waals surface area contributed by atoms with Crippen LogP contribution in [-0.4, -0.2) is 24.6 Å². The topological polar surface area (TPSA) is 65.4 Å². The van der Waals surface area contributed by atoms with Crippen molar-refractivity contribution in [3.63, 3.8) is 0 Å². The van der Waals surface area contributed by atoms with Gasteiger partial charge in [-0.1, -0.05) is 44.2 Å². The average Bonchev–Trinajstić information content (AvgIpc) is 2.72. The van der Waals surface area contributed by atoms with Gasteiger partial charge in [0.2, 0.25) is 0 Å². The Balaban J connectivity index is 1.85. The lowest BCUT2D eigenvalue weighted by molar-refractivity contribution is -0.128. The zero-order chi connectivity index (χ0) is 19.2. The standard InChI is InChI=1S/C22H25N3O2/c1-3-18(4-2)24-22(26)21-15-25(19-11-7-8-12-20(19)27-21)14-17-10-6-5-9-16(17)13-23/h5-12,18,21H,3-4,14-15H2,1-2H3,(H,24,26). The van der Waals surface area contributed by atoms with Crippen molar-refractivity contribution >= 4 is 11.6 Å². The Bertz CT molecular complexity index is 839. The van der Waals surface area contributed by atoms with E-state index in [1.165, 1.54) is 0 Å². The number of anilines is 1. The molecule has 1 N–H and O–H groups in total. The summed E-state index contributed by atoms with van der Waals surface area (Å²) in [5, 5.41) is 12.5. The molecule has 0 radical (unpaired) electrons. The van der Waals surface area contributed by atoms with E-state index >= 15 is 0 Å². The highest BCUT2D eigenvalue weighted by molar-refractivity contribution is 5.83. The second-order valence-electron chi connectivity index (χ2n) is 6.75. The van der Waals surface area contributed by atoms with Crippen molar-refractivity contribution in [1.82, 2.24) is 5.32 Å². The molecular weight excluding hydrogens is 338 g/mol. The normalized spacial score (nSPS) is 15.6. The van der Waals surface area contributed by atoms with Gasteiger partial charge in [-0.25, -0.2) is 0 Å². The molecule has 1 unspecified atom stereocenters.